The molecule has 0 unspecified atom stereocenters. The highest BCUT2D eigenvalue weighted by Gasteiger charge is 2.02. The van der Waals surface area contributed by atoms with Gasteiger partial charge in [0.1, 0.15) is 0 Å². The van der Waals surface area contributed by atoms with Crippen LogP contribution in [0.2, 0.25) is 0 Å². The Kier molecular flexibility index (Phi) is 1.96. The second kappa shape index (κ2) is 3.44. The van der Waals surface area contributed by atoms with Gasteiger partial charge in [0.2, 0.25) is 0 Å². The Hall–Kier alpha value is -1.74. The van der Waals surface area contributed by atoms with Gasteiger partial charge in [-0.05, 0) is 29.7 Å². The van der Waals surface area contributed by atoms with E-state index >= 15 is 0 Å². The molecule has 2 aromatic heterocycles. The van der Waals surface area contributed by atoms with Crippen LogP contribution in [0.1, 0.15) is 0 Å². The maximum atomic E-state index is 4.28. The van der Waals surface area contributed by atoms with Gasteiger partial charge < -0.3 is 0 Å². The van der Waals surface area contributed by atoms with E-state index in [2.05, 4.69) is 21.6 Å². The lowest BCUT2D eigenvalue weighted by Crippen LogP contribution is -1.82. The summed E-state index contributed by atoms with van der Waals surface area (Å²) in [5, 5.41) is 3.08. The van der Waals surface area contributed by atoms with Gasteiger partial charge in [0.25, 0.3) is 0 Å². The van der Waals surface area contributed by atoms with Gasteiger partial charge >= 0.3 is 0 Å². The molecule has 2 nitrogen and oxygen atoms in total. The summed E-state index contributed by atoms with van der Waals surface area (Å²) in [7, 11) is 0. The molecule has 3 heteroatoms. The second-order valence-corrected chi connectivity index (χ2v) is 3.89. The lowest BCUT2D eigenvalue weighted by molar-refractivity contribution is 1.37. The van der Waals surface area contributed by atoms with E-state index in [9.17, 15) is 0 Å². The molecule has 15 heavy (non-hydrogen) atoms. The number of fused-ring (bicyclic) bond motifs is 1. The number of pyridine rings is 1. The van der Waals surface area contributed by atoms with Crippen LogP contribution in [0, 0.1) is 6.20 Å². The first-order chi connectivity index (χ1) is 7.43. The number of benzene rings is 1. The molecule has 0 spiro atoms. The van der Waals surface area contributed by atoms with Crippen molar-refractivity contribution in [1.29, 1.82) is 0 Å². The molecule has 0 N–H and O–H groups in total. The van der Waals surface area contributed by atoms with Crippen LogP contribution in [0.25, 0.3) is 22.2 Å². The lowest BCUT2D eigenvalue weighted by Gasteiger charge is -1.98. The summed E-state index contributed by atoms with van der Waals surface area (Å²) >= 11 is 1.44. The topological polar surface area (TPSA) is 25.8 Å². The third-order valence-corrected chi connectivity index (χ3v) is 2.81. The van der Waals surface area contributed by atoms with Crippen LogP contribution >= 0.6 is 11.5 Å². The van der Waals surface area contributed by atoms with Gasteiger partial charge in [-0.1, -0.05) is 18.2 Å². The van der Waals surface area contributed by atoms with Gasteiger partial charge in [0.15, 0.2) is 0 Å². The van der Waals surface area contributed by atoms with Gasteiger partial charge in [-0.15, -0.1) is 0 Å². The SMILES string of the molecule is [c]1nc2ccccc2cc1-c1ccsn1. The average Bonchev–Trinajstić information content (AvgIpc) is 2.82. The molecule has 1 radical (unpaired) electrons. The molecule has 3 aromatic rings. The average molecular weight is 211 g/mol. The molecule has 0 atom stereocenters. The van der Waals surface area contributed by atoms with Crippen molar-refractivity contribution in [3.05, 3.63) is 48.0 Å². The number of aromatic nitrogens is 2. The molecular formula is C12H7N2S. The molecule has 3 rings (SSSR count). The third-order valence-electron chi connectivity index (χ3n) is 2.25. The fraction of sp³-hybridized carbons (Fsp3) is 0. The van der Waals surface area contributed by atoms with Crippen molar-refractivity contribution < 1.29 is 0 Å². The van der Waals surface area contributed by atoms with Crippen LogP contribution in [0.3, 0.4) is 0 Å². The van der Waals surface area contributed by atoms with E-state index in [4.69, 9.17) is 0 Å². The van der Waals surface area contributed by atoms with E-state index in [0.717, 1.165) is 22.2 Å². The Labute approximate surface area is 91.4 Å². The van der Waals surface area contributed by atoms with Gasteiger partial charge in [-0.2, -0.15) is 4.37 Å². The Morgan fingerprint density at radius 2 is 2.07 bits per heavy atom. The predicted molar refractivity (Wildman–Crippen MR) is 61.7 cm³/mol. The van der Waals surface area contributed by atoms with Crippen LogP contribution in [0.15, 0.2) is 41.8 Å². The summed E-state index contributed by atoms with van der Waals surface area (Å²) in [5.41, 5.74) is 2.87. The molecule has 0 amide bonds. The number of hydrogen-bond acceptors (Lipinski definition) is 3. The molecule has 71 valence electrons. The minimum Gasteiger partial charge on any atom is -0.245 e. The Balaban J connectivity index is 2.22. The fourth-order valence-corrected chi connectivity index (χ4v) is 2.03. The van der Waals surface area contributed by atoms with E-state index < -0.39 is 0 Å². The van der Waals surface area contributed by atoms with Crippen LogP contribution in [-0.4, -0.2) is 9.36 Å². The molecule has 0 saturated carbocycles. The summed E-state index contributed by atoms with van der Waals surface area (Å²) < 4.78 is 4.26. The van der Waals surface area contributed by atoms with Crippen molar-refractivity contribution in [2.75, 3.05) is 0 Å². The molecule has 0 bridgehead atoms. The third kappa shape index (κ3) is 1.51. The summed E-state index contributed by atoms with van der Waals surface area (Å²) in [6.45, 7) is 0. The van der Waals surface area contributed by atoms with E-state index in [-0.39, 0.29) is 0 Å². The van der Waals surface area contributed by atoms with E-state index in [1.165, 1.54) is 11.5 Å². The highest BCUT2D eigenvalue weighted by Crippen LogP contribution is 2.21. The number of hydrogen-bond donors (Lipinski definition) is 0. The van der Waals surface area contributed by atoms with Gasteiger partial charge in [0.05, 0.1) is 17.4 Å². The number of rotatable bonds is 1. The van der Waals surface area contributed by atoms with Crippen molar-refractivity contribution in [3.8, 4) is 11.3 Å². The quantitative estimate of drug-likeness (QED) is 0.618. The molecule has 0 aliphatic carbocycles. The first-order valence-electron chi connectivity index (χ1n) is 4.62. The van der Waals surface area contributed by atoms with Crippen LogP contribution < -0.4 is 0 Å². The Morgan fingerprint density at radius 1 is 1.13 bits per heavy atom. The van der Waals surface area contributed by atoms with Crippen molar-refractivity contribution in [1.82, 2.24) is 9.36 Å². The fourth-order valence-electron chi connectivity index (χ4n) is 1.50. The van der Waals surface area contributed by atoms with Crippen LogP contribution in [0.4, 0.5) is 0 Å². The number of nitrogens with zero attached hydrogens (tertiary/aromatic N) is 2. The monoisotopic (exact) mass is 211 g/mol. The first-order valence-corrected chi connectivity index (χ1v) is 5.45. The summed E-state index contributed by atoms with van der Waals surface area (Å²) in [6.07, 6.45) is 3.01. The zero-order valence-electron chi connectivity index (χ0n) is 7.84. The molecule has 0 aliphatic rings. The Morgan fingerprint density at radius 3 is 2.93 bits per heavy atom. The van der Waals surface area contributed by atoms with E-state index in [1.54, 1.807) is 0 Å². The minimum absolute atomic E-state index is 0.943. The Bertz CT molecular complexity index is 587. The summed E-state index contributed by atoms with van der Waals surface area (Å²) in [6, 6.07) is 12.1. The summed E-state index contributed by atoms with van der Waals surface area (Å²) in [5.74, 6) is 0. The maximum Gasteiger partial charge on any atom is 0.0995 e. The standard InChI is InChI=1S/C12H7N2S/c1-2-4-11-9(3-1)7-10(8-13-11)12-5-6-15-14-12/h1-7H. The van der Waals surface area contributed by atoms with Crippen molar-refractivity contribution >= 4 is 22.4 Å². The molecule has 2 heterocycles. The zero-order valence-corrected chi connectivity index (χ0v) is 8.66. The van der Waals surface area contributed by atoms with Crippen LogP contribution in [0.5, 0.6) is 0 Å². The largest absolute Gasteiger partial charge is 0.245 e. The predicted octanol–water partition coefficient (Wildman–Crippen LogP) is 3.16. The van der Waals surface area contributed by atoms with E-state index in [1.807, 2.05) is 35.7 Å². The van der Waals surface area contributed by atoms with Gasteiger partial charge in [-0.25, -0.2) is 4.98 Å². The molecule has 0 fully saturated rings. The minimum atomic E-state index is 0.943. The van der Waals surface area contributed by atoms with Crippen molar-refractivity contribution in [2.45, 2.75) is 0 Å². The highest BCUT2D eigenvalue weighted by molar-refractivity contribution is 7.03. The second-order valence-electron chi connectivity index (χ2n) is 3.23. The van der Waals surface area contributed by atoms with Gasteiger partial charge in [-0.3, -0.25) is 0 Å². The highest BCUT2D eigenvalue weighted by atomic mass is 32.1. The normalized spacial score (nSPS) is 10.7. The zero-order chi connectivity index (χ0) is 10.1. The molecule has 1 aromatic carbocycles. The van der Waals surface area contributed by atoms with Crippen LogP contribution in [-0.2, 0) is 0 Å². The lowest BCUT2D eigenvalue weighted by atomic mass is 10.1. The molecular weight excluding hydrogens is 204 g/mol. The van der Waals surface area contributed by atoms with Crippen molar-refractivity contribution in [2.24, 2.45) is 0 Å². The molecule has 0 saturated heterocycles. The first kappa shape index (κ1) is 8.56. The maximum absolute atomic E-state index is 4.28. The van der Waals surface area contributed by atoms with Gasteiger partial charge in [0, 0.05) is 16.3 Å². The van der Waals surface area contributed by atoms with E-state index in [0.29, 0.717) is 0 Å². The molecule has 0 aliphatic heterocycles. The number of para-hydroxylation sites is 1. The summed E-state index contributed by atoms with van der Waals surface area (Å²) in [4.78, 5) is 4.28. The smallest absolute Gasteiger partial charge is 0.0995 e. The van der Waals surface area contributed by atoms with Crippen molar-refractivity contribution in [3.63, 3.8) is 0 Å².